The highest BCUT2D eigenvalue weighted by atomic mass is 16.6. The van der Waals surface area contributed by atoms with Crippen LogP contribution in [-0.4, -0.2) is 14.7 Å². The molecule has 8 nitrogen and oxygen atoms in total. The van der Waals surface area contributed by atoms with Crippen molar-refractivity contribution in [1.29, 1.82) is 0 Å². The third kappa shape index (κ3) is 3.79. The second kappa shape index (κ2) is 7.96. The Kier molecular flexibility index (Phi) is 5.04. The van der Waals surface area contributed by atoms with Gasteiger partial charge in [-0.2, -0.15) is 5.11 Å². The van der Waals surface area contributed by atoms with Crippen molar-refractivity contribution in [2.75, 3.05) is 0 Å². The van der Waals surface area contributed by atoms with E-state index in [1.54, 1.807) is 0 Å². The Morgan fingerprint density at radius 3 is 2.20 bits per heavy atom. The highest BCUT2D eigenvalue weighted by Crippen LogP contribution is 2.28. The number of aromatic nitrogens is 2. The average molecular weight is 399 g/mol. The van der Waals surface area contributed by atoms with Gasteiger partial charge in [-0.15, -0.1) is 5.11 Å². The first-order valence-electron chi connectivity index (χ1n) is 9.16. The number of benzene rings is 3. The summed E-state index contributed by atoms with van der Waals surface area (Å²) in [7, 11) is 0. The Hall–Kier alpha value is -4.33. The lowest BCUT2D eigenvalue weighted by atomic mass is 10.1. The fourth-order valence-electron chi connectivity index (χ4n) is 2.95. The monoisotopic (exact) mass is 399 g/mol. The number of H-pyrrole nitrogens is 1. The van der Waals surface area contributed by atoms with Gasteiger partial charge in [0.15, 0.2) is 5.69 Å². The van der Waals surface area contributed by atoms with Gasteiger partial charge in [0.2, 0.25) is 0 Å². The summed E-state index contributed by atoms with van der Waals surface area (Å²) in [5, 5.41) is 22.4. The highest BCUT2D eigenvalue weighted by Gasteiger charge is 2.17. The van der Waals surface area contributed by atoms with E-state index in [-0.39, 0.29) is 11.4 Å². The van der Waals surface area contributed by atoms with E-state index in [1.807, 2.05) is 61.5 Å². The van der Waals surface area contributed by atoms with Crippen molar-refractivity contribution in [2.24, 2.45) is 10.2 Å². The van der Waals surface area contributed by atoms with E-state index in [0.717, 1.165) is 11.1 Å². The van der Waals surface area contributed by atoms with Crippen molar-refractivity contribution in [3.8, 4) is 16.9 Å². The van der Waals surface area contributed by atoms with Gasteiger partial charge in [-0.3, -0.25) is 20.0 Å². The fraction of sp³-hybridized carbons (Fsp3) is 0.0455. The molecular weight excluding hydrogens is 382 g/mol. The van der Waals surface area contributed by atoms with Gasteiger partial charge < -0.3 is 0 Å². The summed E-state index contributed by atoms with van der Waals surface area (Å²) < 4.78 is 1.30. The van der Waals surface area contributed by atoms with Gasteiger partial charge in [0.1, 0.15) is 0 Å². The minimum Gasteiger partial charge on any atom is -0.288 e. The average Bonchev–Trinajstić information content (AvgIpc) is 3.10. The number of azo groups is 1. The summed E-state index contributed by atoms with van der Waals surface area (Å²) in [6, 6.07) is 22.5. The van der Waals surface area contributed by atoms with E-state index in [4.69, 9.17) is 0 Å². The third-order valence-corrected chi connectivity index (χ3v) is 4.55. The molecule has 0 bridgehead atoms. The number of aryl methyl sites for hydroxylation is 1. The van der Waals surface area contributed by atoms with Crippen LogP contribution < -0.4 is 5.56 Å². The third-order valence-electron chi connectivity index (χ3n) is 4.55. The van der Waals surface area contributed by atoms with Gasteiger partial charge >= 0.3 is 0 Å². The molecule has 30 heavy (non-hydrogen) atoms. The number of nitrogens with one attached hydrogen (secondary N) is 1. The Balaban J connectivity index is 1.82. The molecule has 0 atom stereocenters. The molecule has 3 aromatic carbocycles. The van der Waals surface area contributed by atoms with Gasteiger partial charge in [-0.25, -0.2) is 4.68 Å². The number of nitrogens with zero attached hydrogens (tertiary/aromatic N) is 4. The van der Waals surface area contributed by atoms with Gasteiger partial charge in [-0.1, -0.05) is 48.0 Å². The lowest BCUT2D eigenvalue weighted by Crippen LogP contribution is -2.13. The maximum Gasteiger partial charge on any atom is 0.299 e. The fourth-order valence-corrected chi connectivity index (χ4v) is 2.95. The lowest BCUT2D eigenvalue weighted by molar-refractivity contribution is -0.384. The maximum absolute atomic E-state index is 13.1. The van der Waals surface area contributed by atoms with Crippen LogP contribution in [0.15, 0.2) is 93.9 Å². The van der Waals surface area contributed by atoms with Crippen LogP contribution in [0.3, 0.4) is 0 Å². The van der Waals surface area contributed by atoms with Crippen molar-refractivity contribution in [3.05, 3.63) is 105 Å². The van der Waals surface area contributed by atoms with E-state index in [9.17, 15) is 14.9 Å². The van der Waals surface area contributed by atoms with E-state index in [0.29, 0.717) is 17.1 Å². The zero-order chi connectivity index (χ0) is 21.1. The van der Waals surface area contributed by atoms with Crippen LogP contribution in [-0.2, 0) is 0 Å². The number of non-ortho nitro benzene ring substituents is 1. The van der Waals surface area contributed by atoms with E-state index < -0.39 is 10.5 Å². The summed E-state index contributed by atoms with van der Waals surface area (Å²) in [6.07, 6.45) is 0. The summed E-state index contributed by atoms with van der Waals surface area (Å²) in [5.41, 5.74) is 3.16. The molecule has 0 saturated heterocycles. The molecule has 0 radical (unpaired) electrons. The van der Waals surface area contributed by atoms with Gasteiger partial charge in [0.05, 0.1) is 22.0 Å². The minimum atomic E-state index is -0.488. The molecule has 1 N–H and O–H groups in total. The van der Waals surface area contributed by atoms with Crippen LogP contribution in [0.5, 0.6) is 0 Å². The zero-order valence-electron chi connectivity index (χ0n) is 16.0. The van der Waals surface area contributed by atoms with Gasteiger partial charge in [0.25, 0.3) is 11.2 Å². The molecule has 148 valence electrons. The molecule has 0 amide bonds. The molecule has 1 aromatic heterocycles. The van der Waals surface area contributed by atoms with E-state index in [1.165, 1.54) is 28.9 Å². The molecule has 8 heteroatoms. The van der Waals surface area contributed by atoms with Crippen molar-refractivity contribution >= 4 is 17.1 Å². The summed E-state index contributed by atoms with van der Waals surface area (Å²) in [6.45, 7) is 1.98. The topological polar surface area (TPSA) is 106 Å². The predicted molar refractivity (Wildman–Crippen MR) is 114 cm³/mol. The highest BCUT2D eigenvalue weighted by molar-refractivity contribution is 5.72. The molecule has 0 aliphatic rings. The first-order chi connectivity index (χ1) is 14.5. The van der Waals surface area contributed by atoms with Crippen molar-refractivity contribution in [2.45, 2.75) is 6.92 Å². The molecule has 0 saturated carbocycles. The number of rotatable bonds is 5. The second-order valence-electron chi connectivity index (χ2n) is 6.65. The number of hydrogen-bond donors (Lipinski definition) is 1. The maximum atomic E-state index is 13.1. The standard InChI is InChI=1S/C22H17N5O3/c1-15-7-9-17(10-8-15)23-24-21-20(16-5-3-2-4-6-16)25-26(22(21)28)18-11-13-19(14-12-18)27(29)30/h2-14,25H,1H3. The molecule has 0 spiro atoms. The van der Waals surface area contributed by atoms with Crippen LogP contribution in [0.4, 0.5) is 17.1 Å². The number of nitro benzene ring substituents is 1. The second-order valence-corrected chi connectivity index (χ2v) is 6.65. The number of hydrogen-bond acceptors (Lipinski definition) is 5. The largest absolute Gasteiger partial charge is 0.299 e. The molecule has 0 aliphatic heterocycles. The first kappa shape index (κ1) is 19.0. The normalized spacial score (nSPS) is 11.1. The Bertz CT molecular complexity index is 1270. The molecule has 0 unspecified atom stereocenters. The van der Waals surface area contributed by atoms with Gasteiger partial charge in [0, 0.05) is 17.7 Å². The Morgan fingerprint density at radius 2 is 1.57 bits per heavy atom. The van der Waals surface area contributed by atoms with Crippen LogP contribution >= 0.6 is 0 Å². The number of aromatic amines is 1. The number of nitro groups is 1. The molecule has 1 heterocycles. The van der Waals surface area contributed by atoms with E-state index >= 15 is 0 Å². The predicted octanol–water partition coefficient (Wildman–Crippen LogP) is 5.46. The molecule has 0 fully saturated rings. The van der Waals surface area contributed by atoms with Crippen molar-refractivity contribution in [1.82, 2.24) is 9.78 Å². The van der Waals surface area contributed by atoms with E-state index in [2.05, 4.69) is 15.3 Å². The molecule has 0 aliphatic carbocycles. The lowest BCUT2D eigenvalue weighted by Gasteiger charge is -2.01. The van der Waals surface area contributed by atoms with Crippen molar-refractivity contribution < 1.29 is 4.92 Å². The summed E-state index contributed by atoms with van der Waals surface area (Å²) in [5.74, 6) is 0. The Morgan fingerprint density at radius 1 is 0.900 bits per heavy atom. The summed E-state index contributed by atoms with van der Waals surface area (Å²) >= 11 is 0. The summed E-state index contributed by atoms with van der Waals surface area (Å²) in [4.78, 5) is 23.5. The van der Waals surface area contributed by atoms with Crippen LogP contribution in [0.2, 0.25) is 0 Å². The first-order valence-corrected chi connectivity index (χ1v) is 9.16. The van der Waals surface area contributed by atoms with Crippen molar-refractivity contribution in [3.63, 3.8) is 0 Å². The van der Waals surface area contributed by atoms with Crippen LogP contribution in [0.1, 0.15) is 5.56 Å². The quantitative estimate of drug-likeness (QED) is 0.273. The van der Waals surface area contributed by atoms with Gasteiger partial charge in [-0.05, 0) is 31.2 Å². The minimum absolute atomic E-state index is 0.0547. The SMILES string of the molecule is Cc1ccc(N=Nc2c(-c3ccccc3)[nH]n(-c3ccc([N+](=O)[O-])cc3)c2=O)cc1. The van der Waals surface area contributed by atoms with Crippen LogP contribution in [0.25, 0.3) is 16.9 Å². The van der Waals surface area contributed by atoms with Crippen LogP contribution in [0, 0.1) is 17.0 Å². The Labute approximate surface area is 171 Å². The molecular formula is C22H17N5O3. The molecule has 4 rings (SSSR count). The molecule has 4 aromatic rings. The zero-order valence-corrected chi connectivity index (χ0v) is 16.0. The smallest absolute Gasteiger partial charge is 0.288 e.